The van der Waals surface area contributed by atoms with Crippen molar-refractivity contribution in [2.24, 2.45) is 11.7 Å². The summed E-state index contributed by atoms with van der Waals surface area (Å²) in [5, 5.41) is 2.11. The second kappa shape index (κ2) is 4.55. The summed E-state index contributed by atoms with van der Waals surface area (Å²) in [5.41, 5.74) is 6.87. The average molecular weight is 238 g/mol. The molecule has 3 nitrogen and oxygen atoms in total. The molecule has 0 spiro atoms. The number of nitrogens with zero attached hydrogens (tertiary/aromatic N) is 1. The Labute approximate surface area is 100 Å². The largest absolute Gasteiger partial charge is 0.335 e. The van der Waals surface area contributed by atoms with Crippen LogP contribution in [0.1, 0.15) is 30.3 Å². The van der Waals surface area contributed by atoms with Crippen LogP contribution < -0.4 is 5.73 Å². The minimum atomic E-state index is -0.0670. The van der Waals surface area contributed by atoms with E-state index in [9.17, 15) is 4.79 Å². The number of nitrogens with two attached hydrogens (primary N) is 1. The predicted octanol–water partition coefficient (Wildman–Crippen LogP) is 1.79. The number of rotatable bonds is 2. The van der Waals surface area contributed by atoms with Gasteiger partial charge in [-0.05, 0) is 30.4 Å². The van der Waals surface area contributed by atoms with E-state index in [0.29, 0.717) is 6.54 Å². The highest BCUT2D eigenvalue weighted by Gasteiger charge is 2.30. The first-order valence-corrected chi connectivity index (χ1v) is 6.60. The van der Waals surface area contributed by atoms with Crippen molar-refractivity contribution >= 4 is 17.2 Å². The third kappa shape index (κ3) is 1.87. The van der Waals surface area contributed by atoms with Crippen molar-refractivity contribution in [3.05, 3.63) is 21.9 Å². The van der Waals surface area contributed by atoms with Crippen LogP contribution in [0.2, 0.25) is 0 Å². The molecule has 0 saturated heterocycles. The van der Waals surface area contributed by atoms with Crippen molar-refractivity contribution in [2.45, 2.75) is 26.3 Å². The summed E-state index contributed by atoms with van der Waals surface area (Å²) in [6.07, 6.45) is 0.986. The van der Waals surface area contributed by atoms with E-state index in [1.807, 2.05) is 11.8 Å². The molecule has 16 heavy (non-hydrogen) atoms. The lowest BCUT2D eigenvalue weighted by atomic mass is 9.99. The third-order valence-electron chi connectivity index (χ3n) is 3.34. The maximum atomic E-state index is 12.1. The summed E-state index contributed by atoms with van der Waals surface area (Å²) in [4.78, 5) is 15.5. The molecule has 2 rings (SSSR count). The van der Waals surface area contributed by atoms with Crippen LogP contribution in [-0.2, 0) is 11.2 Å². The summed E-state index contributed by atoms with van der Waals surface area (Å²) in [6.45, 7) is 5.26. The second-order valence-corrected chi connectivity index (χ2v) is 5.39. The fourth-order valence-electron chi connectivity index (χ4n) is 2.19. The van der Waals surface area contributed by atoms with Gasteiger partial charge in [0.1, 0.15) is 0 Å². The third-order valence-corrected chi connectivity index (χ3v) is 4.33. The van der Waals surface area contributed by atoms with Crippen LogP contribution >= 0.6 is 11.3 Å². The molecule has 1 aromatic heterocycles. The number of thiophene rings is 1. The zero-order valence-corrected chi connectivity index (χ0v) is 10.6. The Morgan fingerprint density at radius 3 is 3.19 bits per heavy atom. The molecule has 0 saturated carbocycles. The van der Waals surface area contributed by atoms with Gasteiger partial charge in [0, 0.05) is 23.9 Å². The number of hydrogen-bond acceptors (Lipinski definition) is 3. The fraction of sp³-hybridized carbons (Fsp3) is 0.583. The molecular formula is C12H18N2OS. The fourth-order valence-corrected chi connectivity index (χ4v) is 3.16. The first-order valence-electron chi connectivity index (χ1n) is 5.72. The van der Waals surface area contributed by atoms with Crippen LogP contribution in [0.15, 0.2) is 11.4 Å². The van der Waals surface area contributed by atoms with Gasteiger partial charge in [-0.1, -0.05) is 6.92 Å². The Hall–Kier alpha value is -0.870. The zero-order chi connectivity index (χ0) is 11.7. The topological polar surface area (TPSA) is 46.3 Å². The zero-order valence-electron chi connectivity index (χ0n) is 9.77. The lowest BCUT2D eigenvalue weighted by Gasteiger charge is -2.35. The van der Waals surface area contributed by atoms with Crippen LogP contribution in [0.5, 0.6) is 0 Å². The molecule has 2 unspecified atom stereocenters. The van der Waals surface area contributed by atoms with E-state index < -0.39 is 0 Å². The Bertz CT molecular complexity index is 388. The molecule has 0 aliphatic carbocycles. The number of amides is 1. The molecule has 0 radical (unpaired) electrons. The molecule has 2 heterocycles. The van der Waals surface area contributed by atoms with Gasteiger partial charge in [0.25, 0.3) is 0 Å². The first kappa shape index (κ1) is 11.6. The summed E-state index contributed by atoms with van der Waals surface area (Å²) in [6, 6.07) is 2.34. The van der Waals surface area contributed by atoms with Gasteiger partial charge < -0.3 is 10.6 Å². The van der Waals surface area contributed by atoms with Gasteiger partial charge in [-0.3, -0.25) is 4.79 Å². The van der Waals surface area contributed by atoms with Crippen LogP contribution in [0.4, 0.5) is 0 Å². The van der Waals surface area contributed by atoms with E-state index in [4.69, 9.17) is 5.73 Å². The summed E-state index contributed by atoms with van der Waals surface area (Å²) in [5.74, 6) is 0.120. The molecule has 1 aliphatic heterocycles. The van der Waals surface area contributed by atoms with E-state index in [0.717, 1.165) is 13.0 Å². The maximum absolute atomic E-state index is 12.1. The SMILES string of the molecule is CC(CN)C(=O)N1CCc2sccc2C1C. The lowest BCUT2D eigenvalue weighted by Crippen LogP contribution is -2.42. The Kier molecular flexibility index (Phi) is 3.30. The lowest BCUT2D eigenvalue weighted by molar-refractivity contribution is -0.137. The highest BCUT2D eigenvalue weighted by atomic mass is 32.1. The van der Waals surface area contributed by atoms with Crippen LogP contribution in [-0.4, -0.2) is 23.9 Å². The summed E-state index contributed by atoms with van der Waals surface area (Å²) in [7, 11) is 0. The van der Waals surface area contributed by atoms with E-state index in [-0.39, 0.29) is 17.9 Å². The van der Waals surface area contributed by atoms with E-state index in [1.165, 1.54) is 10.4 Å². The van der Waals surface area contributed by atoms with E-state index in [1.54, 1.807) is 11.3 Å². The Balaban J connectivity index is 2.18. The number of carbonyl (C=O) groups is 1. The van der Waals surface area contributed by atoms with Gasteiger partial charge in [0.05, 0.1) is 6.04 Å². The average Bonchev–Trinajstić information content (AvgIpc) is 2.76. The Morgan fingerprint density at radius 2 is 2.50 bits per heavy atom. The van der Waals surface area contributed by atoms with Gasteiger partial charge in [-0.25, -0.2) is 0 Å². The predicted molar refractivity (Wildman–Crippen MR) is 66.4 cm³/mol. The molecule has 2 N–H and O–H groups in total. The smallest absolute Gasteiger partial charge is 0.227 e. The highest BCUT2D eigenvalue weighted by Crippen LogP contribution is 2.33. The molecule has 0 aromatic carbocycles. The molecule has 1 aliphatic rings. The van der Waals surface area contributed by atoms with Crippen molar-refractivity contribution in [3.63, 3.8) is 0 Å². The van der Waals surface area contributed by atoms with Crippen molar-refractivity contribution < 1.29 is 4.79 Å². The van der Waals surface area contributed by atoms with Crippen molar-refractivity contribution in [3.8, 4) is 0 Å². The van der Waals surface area contributed by atoms with E-state index in [2.05, 4.69) is 18.4 Å². The molecular weight excluding hydrogens is 220 g/mol. The van der Waals surface area contributed by atoms with Gasteiger partial charge in [0.2, 0.25) is 5.91 Å². The van der Waals surface area contributed by atoms with Gasteiger partial charge in [-0.15, -0.1) is 11.3 Å². The molecule has 2 atom stereocenters. The van der Waals surface area contributed by atoms with Crippen LogP contribution in [0.3, 0.4) is 0 Å². The van der Waals surface area contributed by atoms with Gasteiger partial charge in [-0.2, -0.15) is 0 Å². The van der Waals surface area contributed by atoms with Crippen molar-refractivity contribution in [2.75, 3.05) is 13.1 Å². The van der Waals surface area contributed by atoms with Gasteiger partial charge in [0.15, 0.2) is 0 Å². The van der Waals surface area contributed by atoms with Crippen LogP contribution in [0.25, 0.3) is 0 Å². The second-order valence-electron chi connectivity index (χ2n) is 4.39. The summed E-state index contributed by atoms with van der Waals surface area (Å²) < 4.78 is 0. The number of carbonyl (C=O) groups excluding carboxylic acids is 1. The molecule has 1 amide bonds. The molecule has 0 fully saturated rings. The monoisotopic (exact) mass is 238 g/mol. The highest BCUT2D eigenvalue weighted by molar-refractivity contribution is 7.10. The van der Waals surface area contributed by atoms with Gasteiger partial charge >= 0.3 is 0 Å². The van der Waals surface area contributed by atoms with Crippen molar-refractivity contribution in [1.82, 2.24) is 4.90 Å². The minimum absolute atomic E-state index is 0.0670. The number of fused-ring (bicyclic) bond motifs is 1. The quantitative estimate of drug-likeness (QED) is 0.854. The standard InChI is InChI=1S/C12H18N2OS/c1-8(7-13)12(15)14-5-3-11-10(9(14)2)4-6-16-11/h4,6,8-9H,3,5,7,13H2,1-2H3. The molecule has 1 aromatic rings. The van der Waals surface area contributed by atoms with Crippen LogP contribution in [0, 0.1) is 5.92 Å². The normalized spacial score (nSPS) is 21.7. The maximum Gasteiger partial charge on any atom is 0.227 e. The summed E-state index contributed by atoms with van der Waals surface area (Å²) >= 11 is 1.79. The minimum Gasteiger partial charge on any atom is -0.335 e. The van der Waals surface area contributed by atoms with Crippen molar-refractivity contribution in [1.29, 1.82) is 0 Å². The molecule has 88 valence electrons. The first-order chi connectivity index (χ1) is 7.65. The number of hydrogen-bond donors (Lipinski definition) is 1. The molecule has 4 heteroatoms. The molecule has 0 bridgehead atoms. The Morgan fingerprint density at radius 1 is 1.75 bits per heavy atom. The van der Waals surface area contributed by atoms with E-state index >= 15 is 0 Å².